The number of carbonyl (C=O) groups is 1. The normalized spacial score (nSPS) is 14.3. The van der Waals surface area contributed by atoms with Crippen LogP contribution in [-0.4, -0.2) is 43.6 Å². The summed E-state index contributed by atoms with van der Waals surface area (Å²) in [5.74, 6) is -0.0149. The van der Waals surface area contributed by atoms with E-state index in [4.69, 9.17) is 11.6 Å². The molecule has 0 aliphatic carbocycles. The lowest BCUT2D eigenvalue weighted by molar-refractivity contribution is 0.102. The van der Waals surface area contributed by atoms with E-state index in [1.165, 1.54) is 12.3 Å². The average molecular weight is 396 g/mol. The first-order chi connectivity index (χ1) is 12.3. The number of nitrogens with one attached hydrogen (secondary N) is 2. The molecule has 138 valence electrons. The van der Waals surface area contributed by atoms with E-state index in [0.717, 1.165) is 32.2 Å². The van der Waals surface area contributed by atoms with E-state index in [1.807, 2.05) is 4.90 Å². The van der Waals surface area contributed by atoms with Crippen molar-refractivity contribution in [2.75, 3.05) is 34.3 Å². The van der Waals surface area contributed by atoms with Crippen molar-refractivity contribution in [1.29, 1.82) is 0 Å². The second-order valence-corrected chi connectivity index (χ2v) is 8.13. The number of halogens is 1. The van der Waals surface area contributed by atoms with Crippen molar-refractivity contribution >= 4 is 44.9 Å². The van der Waals surface area contributed by atoms with Crippen LogP contribution in [0.4, 0.5) is 17.3 Å². The molecule has 3 rings (SSSR count). The highest BCUT2D eigenvalue weighted by atomic mass is 35.5. The molecule has 1 aromatic heterocycles. The first kappa shape index (κ1) is 18.4. The van der Waals surface area contributed by atoms with Crippen molar-refractivity contribution in [3.8, 4) is 0 Å². The maximum absolute atomic E-state index is 12.6. The Balaban J connectivity index is 1.79. The first-order valence-electron chi connectivity index (χ1n) is 7.98. The molecule has 1 fully saturated rings. The van der Waals surface area contributed by atoms with Gasteiger partial charge >= 0.3 is 0 Å². The van der Waals surface area contributed by atoms with Gasteiger partial charge in [-0.25, -0.2) is 18.4 Å². The molecule has 0 saturated carbocycles. The number of hydrogen-bond acceptors (Lipinski definition) is 6. The van der Waals surface area contributed by atoms with E-state index in [-0.39, 0.29) is 10.7 Å². The molecule has 0 spiro atoms. The predicted octanol–water partition coefficient (Wildman–Crippen LogP) is 2.35. The Labute approximate surface area is 156 Å². The minimum atomic E-state index is -3.41. The van der Waals surface area contributed by atoms with Gasteiger partial charge in [0.05, 0.1) is 23.2 Å². The topological polar surface area (TPSA) is 104 Å². The lowest BCUT2D eigenvalue weighted by Crippen LogP contribution is -2.23. The summed E-state index contributed by atoms with van der Waals surface area (Å²) in [6, 6.07) is 6.36. The number of carbonyl (C=O) groups excluding carboxylic acids is 1. The molecular formula is C16H18ClN5O3S. The standard InChI is InChI=1S/C16H18ClN5O3S/c1-26(24,25)21-12-6-4-5-11(9-12)19-15(23)14-13(17)10-18-16(20-14)22-7-2-3-8-22/h4-6,9-10,21H,2-3,7-8H2,1H3,(H,19,23). The zero-order valence-corrected chi connectivity index (χ0v) is 15.6. The highest BCUT2D eigenvalue weighted by molar-refractivity contribution is 7.92. The molecule has 10 heteroatoms. The zero-order valence-electron chi connectivity index (χ0n) is 14.1. The molecule has 26 heavy (non-hydrogen) atoms. The predicted molar refractivity (Wildman–Crippen MR) is 101 cm³/mol. The number of nitrogens with zero attached hydrogens (tertiary/aromatic N) is 3. The minimum absolute atomic E-state index is 0.0741. The molecule has 1 saturated heterocycles. The Hall–Kier alpha value is -2.39. The molecule has 2 heterocycles. The molecular weight excluding hydrogens is 378 g/mol. The van der Waals surface area contributed by atoms with Crippen LogP contribution in [0.2, 0.25) is 5.02 Å². The van der Waals surface area contributed by atoms with Gasteiger partial charge in [0, 0.05) is 18.8 Å². The Morgan fingerprint density at radius 2 is 1.92 bits per heavy atom. The van der Waals surface area contributed by atoms with Gasteiger partial charge in [0.2, 0.25) is 16.0 Å². The summed E-state index contributed by atoms with van der Waals surface area (Å²) in [4.78, 5) is 23.0. The molecule has 2 aromatic rings. The van der Waals surface area contributed by atoms with Crippen LogP contribution in [0.1, 0.15) is 23.3 Å². The Kier molecular flexibility index (Phi) is 5.28. The Morgan fingerprint density at radius 3 is 2.62 bits per heavy atom. The molecule has 1 aliphatic heterocycles. The zero-order chi connectivity index (χ0) is 18.7. The maximum atomic E-state index is 12.6. The number of benzene rings is 1. The molecule has 2 N–H and O–H groups in total. The van der Waals surface area contributed by atoms with Gasteiger partial charge in [0.25, 0.3) is 5.91 Å². The van der Waals surface area contributed by atoms with Crippen molar-refractivity contribution in [3.05, 3.63) is 41.2 Å². The number of aromatic nitrogens is 2. The Bertz CT molecular complexity index is 929. The molecule has 0 bridgehead atoms. The molecule has 1 aromatic carbocycles. The smallest absolute Gasteiger partial charge is 0.276 e. The summed E-state index contributed by atoms with van der Waals surface area (Å²) in [6.45, 7) is 1.70. The van der Waals surface area contributed by atoms with Crippen LogP contribution >= 0.6 is 11.6 Å². The van der Waals surface area contributed by atoms with Crippen molar-refractivity contribution in [2.45, 2.75) is 12.8 Å². The summed E-state index contributed by atoms with van der Waals surface area (Å²) in [5.41, 5.74) is 0.836. The highest BCUT2D eigenvalue weighted by Gasteiger charge is 2.20. The van der Waals surface area contributed by atoms with Crippen LogP contribution in [0.5, 0.6) is 0 Å². The summed E-state index contributed by atoms with van der Waals surface area (Å²) >= 11 is 6.09. The van der Waals surface area contributed by atoms with Gasteiger partial charge in [-0.15, -0.1) is 0 Å². The molecule has 0 atom stereocenters. The van der Waals surface area contributed by atoms with Gasteiger partial charge < -0.3 is 10.2 Å². The van der Waals surface area contributed by atoms with Crippen LogP contribution in [0, 0.1) is 0 Å². The van der Waals surface area contributed by atoms with Crippen molar-refractivity contribution in [3.63, 3.8) is 0 Å². The number of rotatable bonds is 5. The fraction of sp³-hybridized carbons (Fsp3) is 0.312. The summed E-state index contributed by atoms with van der Waals surface area (Å²) < 4.78 is 25.0. The molecule has 0 unspecified atom stereocenters. The minimum Gasteiger partial charge on any atom is -0.341 e. The second kappa shape index (κ2) is 7.46. The van der Waals surface area contributed by atoms with Crippen LogP contribution in [0.3, 0.4) is 0 Å². The fourth-order valence-electron chi connectivity index (χ4n) is 2.65. The van der Waals surface area contributed by atoms with Crippen LogP contribution in [0.15, 0.2) is 30.5 Å². The molecule has 1 amide bonds. The molecule has 1 aliphatic rings. The van der Waals surface area contributed by atoms with Gasteiger partial charge in [0.15, 0.2) is 5.69 Å². The van der Waals surface area contributed by atoms with E-state index in [0.29, 0.717) is 17.3 Å². The number of amides is 1. The van der Waals surface area contributed by atoms with Crippen molar-refractivity contribution in [2.24, 2.45) is 0 Å². The monoisotopic (exact) mass is 395 g/mol. The van der Waals surface area contributed by atoms with E-state index < -0.39 is 15.9 Å². The van der Waals surface area contributed by atoms with E-state index in [1.54, 1.807) is 18.2 Å². The van der Waals surface area contributed by atoms with E-state index >= 15 is 0 Å². The summed E-state index contributed by atoms with van der Waals surface area (Å²) in [6.07, 6.45) is 4.60. The van der Waals surface area contributed by atoms with Crippen molar-refractivity contribution in [1.82, 2.24) is 9.97 Å². The Morgan fingerprint density at radius 1 is 1.23 bits per heavy atom. The van der Waals surface area contributed by atoms with Crippen LogP contribution in [0.25, 0.3) is 0 Å². The highest BCUT2D eigenvalue weighted by Crippen LogP contribution is 2.22. The third-order valence-electron chi connectivity index (χ3n) is 3.76. The van der Waals surface area contributed by atoms with E-state index in [9.17, 15) is 13.2 Å². The van der Waals surface area contributed by atoms with Gasteiger partial charge in [-0.3, -0.25) is 9.52 Å². The fourth-order valence-corrected chi connectivity index (χ4v) is 3.38. The van der Waals surface area contributed by atoms with Gasteiger partial charge in [0.1, 0.15) is 0 Å². The van der Waals surface area contributed by atoms with Crippen LogP contribution in [-0.2, 0) is 10.0 Å². The largest absolute Gasteiger partial charge is 0.341 e. The number of anilines is 3. The quantitative estimate of drug-likeness (QED) is 0.805. The SMILES string of the molecule is CS(=O)(=O)Nc1cccc(NC(=O)c2nc(N3CCCC3)ncc2Cl)c1. The lowest BCUT2D eigenvalue weighted by atomic mass is 10.2. The third-order valence-corrected chi connectivity index (χ3v) is 4.64. The summed E-state index contributed by atoms with van der Waals surface area (Å²) in [5, 5.41) is 2.82. The van der Waals surface area contributed by atoms with Gasteiger partial charge in [-0.1, -0.05) is 17.7 Å². The first-order valence-corrected chi connectivity index (χ1v) is 10.3. The maximum Gasteiger partial charge on any atom is 0.276 e. The number of sulfonamides is 1. The van der Waals surface area contributed by atoms with Gasteiger partial charge in [-0.2, -0.15) is 0 Å². The van der Waals surface area contributed by atoms with Gasteiger partial charge in [-0.05, 0) is 31.0 Å². The third kappa shape index (κ3) is 4.61. The van der Waals surface area contributed by atoms with E-state index in [2.05, 4.69) is 20.0 Å². The molecule has 0 radical (unpaired) electrons. The van der Waals surface area contributed by atoms with Crippen LogP contribution < -0.4 is 14.9 Å². The van der Waals surface area contributed by atoms with Crippen molar-refractivity contribution < 1.29 is 13.2 Å². The average Bonchev–Trinajstić information content (AvgIpc) is 3.08. The summed E-state index contributed by atoms with van der Waals surface area (Å²) in [7, 11) is -3.41. The second-order valence-electron chi connectivity index (χ2n) is 5.97. The lowest BCUT2D eigenvalue weighted by Gasteiger charge is -2.16. The number of hydrogen-bond donors (Lipinski definition) is 2. The molecule has 8 nitrogen and oxygen atoms in total.